The van der Waals surface area contributed by atoms with Crippen LogP contribution in [0.1, 0.15) is 10.4 Å². The van der Waals surface area contributed by atoms with Crippen molar-refractivity contribution in [3.05, 3.63) is 33.6 Å². The number of hydrogen-bond acceptors (Lipinski definition) is 6. The average molecular weight is 285 g/mol. The van der Waals surface area contributed by atoms with E-state index in [1.807, 2.05) is 0 Å². The molecule has 1 fully saturated rings. The lowest BCUT2D eigenvalue weighted by molar-refractivity contribution is -0.388. The molecule has 1 heterocycles. The van der Waals surface area contributed by atoms with Crippen LogP contribution >= 0.6 is 0 Å². The number of halogens is 1. The highest BCUT2D eigenvalue weighted by atomic mass is 19.1. The minimum atomic E-state index is -1.14. The lowest BCUT2D eigenvalue weighted by atomic mass is 10.1. The minimum Gasteiger partial charge on any atom is -0.486 e. The third kappa shape index (κ3) is 2.85. The number of carbonyl (C=O) groups excluding carboxylic acids is 1. The highest BCUT2D eigenvalue weighted by Gasteiger charge is 2.27. The van der Waals surface area contributed by atoms with Crippen LogP contribution in [-0.2, 0) is 9.47 Å². The molecule has 108 valence electrons. The smallest absolute Gasteiger partial charge is 0.346 e. The quantitative estimate of drug-likeness (QED) is 0.463. The number of rotatable bonds is 5. The molecule has 7 nitrogen and oxygen atoms in total. The van der Waals surface area contributed by atoms with Gasteiger partial charge in [0, 0.05) is 12.0 Å². The third-order valence-corrected chi connectivity index (χ3v) is 2.81. The van der Waals surface area contributed by atoms with E-state index in [2.05, 4.69) is 4.74 Å². The molecule has 0 aromatic heterocycles. The van der Waals surface area contributed by atoms with Gasteiger partial charge in [-0.2, -0.15) is 4.39 Å². The monoisotopic (exact) mass is 285 g/mol. The molecule has 1 aliphatic heterocycles. The Morgan fingerprint density at radius 1 is 1.55 bits per heavy atom. The molecule has 0 atom stereocenters. The molecule has 0 aliphatic carbocycles. The Bertz CT molecular complexity index is 543. The van der Waals surface area contributed by atoms with E-state index >= 15 is 0 Å². The largest absolute Gasteiger partial charge is 0.486 e. The van der Waals surface area contributed by atoms with Crippen LogP contribution in [0.3, 0.4) is 0 Å². The summed E-state index contributed by atoms with van der Waals surface area (Å²) in [5.74, 6) is -2.12. The summed E-state index contributed by atoms with van der Waals surface area (Å²) in [5.41, 5.74) is -0.937. The highest BCUT2D eigenvalue weighted by molar-refractivity contribution is 5.90. The van der Waals surface area contributed by atoms with Crippen molar-refractivity contribution in [3.8, 4) is 5.75 Å². The van der Waals surface area contributed by atoms with Crippen LogP contribution in [0.2, 0.25) is 0 Å². The first-order valence-corrected chi connectivity index (χ1v) is 5.79. The number of nitro benzene ring substituents is 1. The molecule has 8 heteroatoms. The second-order valence-electron chi connectivity index (χ2n) is 4.27. The molecule has 1 aliphatic rings. The summed E-state index contributed by atoms with van der Waals surface area (Å²) < 4.78 is 28.4. The van der Waals surface area contributed by atoms with Gasteiger partial charge in [0.2, 0.25) is 11.6 Å². The van der Waals surface area contributed by atoms with Gasteiger partial charge in [-0.15, -0.1) is 0 Å². The molecule has 0 unspecified atom stereocenters. The summed E-state index contributed by atoms with van der Waals surface area (Å²) in [5, 5.41) is 10.9. The van der Waals surface area contributed by atoms with Gasteiger partial charge in [-0.25, -0.2) is 4.79 Å². The first-order valence-electron chi connectivity index (χ1n) is 5.79. The van der Waals surface area contributed by atoms with E-state index in [0.29, 0.717) is 13.2 Å². The van der Waals surface area contributed by atoms with Crippen LogP contribution in [0, 0.1) is 21.8 Å². The normalized spacial score (nSPS) is 14.5. The van der Waals surface area contributed by atoms with Gasteiger partial charge in [0.25, 0.3) is 0 Å². The fourth-order valence-corrected chi connectivity index (χ4v) is 1.69. The number of methoxy groups -OCH3 is 1. The Morgan fingerprint density at radius 3 is 2.75 bits per heavy atom. The molecule has 0 N–H and O–H groups in total. The lowest BCUT2D eigenvalue weighted by Gasteiger charge is -2.25. The standard InChI is InChI=1S/C12H12FNO6/c1-18-12(15)8-2-9(13)11(14(16)17)10(3-8)20-6-7-4-19-5-7/h2-3,7H,4-6H2,1H3. The molecule has 0 amide bonds. The van der Waals surface area contributed by atoms with Gasteiger partial charge in [-0.1, -0.05) is 0 Å². The molecule has 1 aromatic rings. The minimum absolute atomic E-state index is 0.111. The third-order valence-electron chi connectivity index (χ3n) is 2.81. The van der Waals surface area contributed by atoms with Crippen molar-refractivity contribution in [2.75, 3.05) is 26.9 Å². The maximum absolute atomic E-state index is 13.7. The summed E-state index contributed by atoms with van der Waals surface area (Å²) in [4.78, 5) is 21.4. The average Bonchev–Trinajstić information content (AvgIpc) is 2.34. The summed E-state index contributed by atoms with van der Waals surface area (Å²) in [6.45, 7) is 1.14. The maximum Gasteiger partial charge on any atom is 0.346 e. The van der Waals surface area contributed by atoms with Crippen molar-refractivity contribution < 1.29 is 28.3 Å². The number of hydrogen-bond donors (Lipinski definition) is 0. The van der Waals surface area contributed by atoms with E-state index in [-0.39, 0.29) is 23.8 Å². The number of benzene rings is 1. The van der Waals surface area contributed by atoms with Crippen molar-refractivity contribution in [2.24, 2.45) is 5.92 Å². The number of ether oxygens (including phenoxy) is 3. The topological polar surface area (TPSA) is 87.9 Å². The summed E-state index contributed by atoms with van der Waals surface area (Å²) >= 11 is 0. The Morgan fingerprint density at radius 2 is 2.25 bits per heavy atom. The Kier molecular flexibility index (Phi) is 4.14. The van der Waals surface area contributed by atoms with E-state index in [4.69, 9.17) is 9.47 Å². The summed E-state index contributed by atoms with van der Waals surface area (Å²) in [6.07, 6.45) is 0. The van der Waals surface area contributed by atoms with Crippen molar-refractivity contribution >= 4 is 11.7 Å². The second-order valence-corrected chi connectivity index (χ2v) is 4.27. The zero-order valence-electron chi connectivity index (χ0n) is 10.6. The number of carbonyl (C=O) groups is 1. The maximum atomic E-state index is 13.7. The van der Waals surface area contributed by atoms with Gasteiger partial charge in [-0.05, 0) is 6.07 Å². The van der Waals surface area contributed by atoms with Crippen LogP contribution in [0.4, 0.5) is 10.1 Å². The van der Waals surface area contributed by atoms with Crippen LogP contribution in [0.5, 0.6) is 5.75 Å². The Balaban J connectivity index is 2.30. The van der Waals surface area contributed by atoms with Crippen molar-refractivity contribution in [1.29, 1.82) is 0 Å². The first kappa shape index (κ1) is 14.2. The molecule has 2 rings (SSSR count). The SMILES string of the molecule is COC(=O)c1cc(F)c([N+](=O)[O-])c(OCC2COC2)c1. The number of esters is 1. The molecule has 0 bridgehead atoms. The summed E-state index contributed by atoms with van der Waals surface area (Å²) in [6, 6.07) is 1.86. The van der Waals surface area contributed by atoms with Gasteiger partial charge in [0.15, 0.2) is 0 Å². The van der Waals surface area contributed by atoms with E-state index in [1.54, 1.807) is 0 Å². The van der Waals surface area contributed by atoms with Crippen molar-refractivity contribution in [1.82, 2.24) is 0 Å². The molecular formula is C12H12FNO6. The van der Waals surface area contributed by atoms with Gasteiger partial charge < -0.3 is 14.2 Å². The predicted molar refractivity (Wildman–Crippen MR) is 64.2 cm³/mol. The first-order chi connectivity index (χ1) is 9.52. The Hall–Kier alpha value is -2.22. The van der Waals surface area contributed by atoms with Crippen molar-refractivity contribution in [3.63, 3.8) is 0 Å². The Labute approximate surface area is 113 Å². The van der Waals surface area contributed by atoms with Crippen LogP contribution in [0.15, 0.2) is 12.1 Å². The fraction of sp³-hybridized carbons (Fsp3) is 0.417. The molecule has 1 saturated heterocycles. The molecule has 0 spiro atoms. The van der Waals surface area contributed by atoms with Crippen molar-refractivity contribution in [2.45, 2.75) is 0 Å². The number of nitro groups is 1. The number of nitrogens with zero attached hydrogens (tertiary/aromatic N) is 1. The highest BCUT2D eigenvalue weighted by Crippen LogP contribution is 2.32. The summed E-state index contributed by atoms with van der Waals surface area (Å²) in [7, 11) is 1.13. The second kappa shape index (κ2) is 5.83. The van der Waals surface area contributed by atoms with Gasteiger partial charge in [0.05, 0.1) is 37.4 Å². The van der Waals surface area contributed by atoms with Crippen LogP contribution in [0.25, 0.3) is 0 Å². The van der Waals surface area contributed by atoms with E-state index in [9.17, 15) is 19.3 Å². The molecule has 0 radical (unpaired) electrons. The molecule has 0 saturated carbocycles. The van der Waals surface area contributed by atoms with E-state index in [1.165, 1.54) is 0 Å². The van der Waals surface area contributed by atoms with E-state index in [0.717, 1.165) is 19.2 Å². The predicted octanol–water partition coefficient (Wildman–Crippen LogP) is 1.55. The van der Waals surface area contributed by atoms with Gasteiger partial charge in [0.1, 0.15) is 0 Å². The molecule has 1 aromatic carbocycles. The van der Waals surface area contributed by atoms with Crippen LogP contribution < -0.4 is 4.74 Å². The van der Waals surface area contributed by atoms with Crippen LogP contribution in [-0.4, -0.2) is 37.8 Å². The van der Waals surface area contributed by atoms with Gasteiger partial charge >= 0.3 is 11.7 Å². The van der Waals surface area contributed by atoms with E-state index < -0.39 is 22.4 Å². The zero-order chi connectivity index (χ0) is 14.7. The molecule has 20 heavy (non-hydrogen) atoms. The zero-order valence-corrected chi connectivity index (χ0v) is 10.6. The van der Waals surface area contributed by atoms with Gasteiger partial charge in [-0.3, -0.25) is 10.1 Å². The fourth-order valence-electron chi connectivity index (χ4n) is 1.69. The lowest BCUT2D eigenvalue weighted by Crippen LogP contribution is -2.32. The molecular weight excluding hydrogens is 273 g/mol.